The highest BCUT2D eigenvalue weighted by Gasteiger charge is 2.35. The lowest BCUT2D eigenvalue weighted by atomic mass is 10.1. The summed E-state index contributed by atoms with van der Waals surface area (Å²) in [6, 6.07) is 8.52. The highest BCUT2D eigenvalue weighted by atomic mass is 19.4. The van der Waals surface area contributed by atoms with Crippen LogP contribution in [0.25, 0.3) is 4.85 Å². The van der Waals surface area contributed by atoms with Gasteiger partial charge in [-0.1, -0.05) is 12.1 Å². The van der Waals surface area contributed by atoms with E-state index in [9.17, 15) is 31.1 Å². The summed E-state index contributed by atoms with van der Waals surface area (Å²) in [5.41, 5.74) is -1.93. The van der Waals surface area contributed by atoms with Gasteiger partial charge in [0.25, 0.3) is 0 Å². The van der Waals surface area contributed by atoms with Crippen molar-refractivity contribution in [2.45, 2.75) is 19.3 Å². The van der Waals surface area contributed by atoms with Crippen molar-refractivity contribution < 1.29 is 35.9 Å². The van der Waals surface area contributed by atoms with E-state index in [1.54, 1.807) is 12.1 Å². The molecule has 0 atom stereocenters. The zero-order valence-electron chi connectivity index (χ0n) is 16.1. The third kappa shape index (κ3) is 7.40. The lowest BCUT2D eigenvalue weighted by Crippen LogP contribution is -2.37. The minimum absolute atomic E-state index is 0.262. The van der Waals surface area contributed by atoms with Gasteiger partial charge in [-0.25, -0.2) is 4.85 Å². The lowest BCUT2D eigenvalue weighted by molar-refractivity contribution is -0.136. The molecule has 2 aromatic rings. The molecule has 2 rings (SSSR count). The van der Waals surface area contributed by atoms with E-state index in [4.69, 9.17) is 11.3 Å². The van der Waals surface area contributed by atoms with Crippen molar-refractivity contribution >= 4 is 23.0 Å². The molecule has 0 saturated heterocycles. The van der Waals surface area contributed by atoms with E-state index in [1.807, 2.05) is 0 Å². The summed E-state index contributed by atoms with van der Waals surface area (Å²) in [6.45, 7) is 5.99. The molecule has 0 aromatic heterocycles. The van der Waals surface area contributed by atoms with Gasteiger partial charge < -0.3 is 15.0 Å². The molecule has 11 heteroatoms. The minimum atomic E-state index is -4.89. The highest BCUT2D eigenvalue weighted by Crippen LogP contribution is 2.39. The quantitative estimate of drug-likeness (QED) is 0.442. The Hall–Kier alpha value is -3.42. The predicted molar refractivity (Wildman–Crippen MR) is 102 cm³/mol. The number of carbonyl (C=O) groups is 1. The number of carbonyl (C=O) groups excluding carboxylic acids is 1. The molecule has 0 unspecified atom stereocenters. The zero-order chi connectivity index (χ0) is 23.2. The molecule has 166 valence electrons. The van der Waals surface area contributed by atoms with Gasteiger partial charge in [0.2, 0.25) is 5.91 Å². The molecule has 0 fully saturated rings. The molecule has 0 heterocycles. The number of amides is 1. The number of nitrogens with one attached hydrogen (secondary N) is 1. The number of anilines is 2. The molecule has 1 amide bonds. The van der Waals surface area contributed by atoms with Crippen molar-refractivity contribution in [3.8, 4) is 5.75 Å². The van der Waals surface area contributed by atoms with Crippen molar-refractivity contribution in [3.63, 3.8) is 0 Å². The molecule has 0 bridgehead atoms. The van der Waals surface area contributed by atoms with Crippen LogP contribution >= 0.6 is 0 Å². The van der Waals surface area contributed by atoms with Crippen LogP contribution in [0.5, 0.6) is 5.75 Å². The van der Waals surface area contributed by atoms with E-state index in [0.717, 1.165) is 12.1 Å². The number of benzene rings is 2. The summed E-state index contributed by atoms with van der Waals surface area (Å²) in [5.74, 6) is -0.0608. The molecule has 0 aliphatic carbocycles. The second kappa shape index (κ2) is 9.59. The SMILES string of the molecule is [C-]#[N+]c1ccc(N(CCOc2cccc(NC(C)=O)c2)CC(F)(F)F)cc1C(F)(F)F. The molecule has 0 spiro atoms. The number of ether oxygens (including phenoxy) is 1. The second-order valence-corrected chi connectivity index (χ2v) is 6.41. The van der Waals surface area contributed by atoms with E-state index >= 15 is 0 Å². The molecule has 31 heavy (non-hydrogen) atoms. The largest absolute Gasteiger partial charge is 0.492 e. The monoisotopic (exact) mass is 445 g/mol. The number of alkyl halides is 6. The standard InChI is InChI=1S/C20H17F6N3O2/c1-13(30)28-14-4-3-5-16(10-14)31-9-8-29(12-19(21,22)23)15-6-7-18(27-2)17(11-15)20(24,25)26/h3-7,10-11H,8-9,12H2,1H3,(H,28,30). The van der Waals surface area contributed by atoms with Crippen molar-refractivity contribution in [2.75, 3.05) is 29.9 Å². The average molecular weight is 445 g/mol. The second-order valence-electron chi connectivity index (χ2n) is 6.41. The molecular weight excluding hydrogens is 428 g/mol. The molecular formula is C20H17F6N3O2. The van der Waals surface area contributed by atoms with Crippen molar-refractivity contribution in [3.05, 3.63) is 59.4 Å². The fraction of sp³-hybridized carbons (Fsp3) is 0.300. The molecule has 0 aliphatic rings. The third-order valence-electron chi connectivity index (χ3n) is 3.93. The fourth-order valence-corrected chi connectivity index (χ4v) is 2.70. The van der Waals surface area contributed by atoms with E-state index in [0.29, 0.717) is 16.7 Å². The maximum absolute atomic E-state index is 13.2. The van der Waals surface area contributed by atoms with Crippen molar-refractivity contribution in [1.29, 1.82) is 0 Å². The lowest BCUT2D eigenvalue weighted by Gasteiger charge is -2.27. The summed E-state index contributed by atoms with van der Waals surface area (Å²) in [7, 11) is 0. The number of hydrogen-bond donors (Lipinski definition) is 1. The number of halogens is 6. The van der Waals surface area contributed by atoms with Crippen LogP contribution in [0.15, 0.2) is 42.5 Å². The van der Waals surface area contributed by atoms with Crippen LogP contribution < -0.4 is 15.0 Å². The highest BCUT2D eigenvalue weighted by molar-refractivity contribution is 5.88. The Morgan fingerprint density at radius 2 is 1.84 bits per heavy atom. The van der Waals surface area contributed by atoms with Crippen LogP contribution in [-0.2, 0) is 11.0 Å². The van der Waals surface area contributed by atoms with Crippen LogP contribution in [0.4, 0.5) is 43.4 Å². The minimum Gasteiger partial charge on any atom is -0.492 e. The number of rotatable bonds is 7. The summed E-state index contributed by atoms with van der Waals surface area (Å²) >= 11 is 0. The third-order valence-corrected chi connectivity index (χ3v) is 3.93. The fourth-order valence-electron chi connectivity index (χ4n) is 2.70. The van der Waals surface area contributed by atoms with Crippen LogP contribution in [0, 0.1) is 6.57 Å². The van der Waals surface area contributed by atoms with E-state index in [2.05, 4.69) is 10.2 Å². The van der Waals surface area contributed by atoms with Crippen LogP contribution in [-0.4, -0.2) is 31.8 Å². The van der Waals surface area contributed by atoms with Gasteiger partial charge in [0.15, 0.2) is 5.69 Å². The maximum Gasteiger partial charge on any atom is 0.407 e. The normalized spacial score (nSPS) is 11.5. The van der Waals surface area contributed by atoms with E-state index in [1.165, 1.54) is 19.1 Å². The van der Waals surface area contributed by atoms with Gasteiger partial charge in [-0.3, -0.25) is 4.79 Å². The Balaban J connectivity index is 2.21. The predicted octanol–water partition coefficient (Wildman–Crippen LogP) is 5.66. The summed E-state index contributed by atoms with van der Waals surface area (Å²) in [6.07, 6.45) is -9.57. The van der Waals surface area contributed by atoms with Gasteiger partial charge in [0.1, 0.15) is 18.9 Å². The Morgan fingerprint density at radius 1 is 1.13 bits per heavy atom. The smallest absolute Gasteiger partial charge is 0.407 e. The molecule has 1 N–H and O–H groups in total. The van der Waals surface area contributed by atoms with Crippen LogP contribution in [0.3, 0.4) is 0 Å². The summed E-state index contributed by atoms with van der Waals surface area (Å²) < 4.78 is 84.0. The maximum atomic E-state index is 13.2. The molecule has 0 aliphatic heterocycles. The van der Waals surface area contributed by atoms with E-state index in [-0.39, 0.29) is 30.5 Å². The summed E-state index contributed by atoms with van der Waals surface area (Å²) in [5, 5.41) is 2.52. The van der Waals surface area contributed by atoms with Gasteiger partial charge >= 0.3 is 12.4 Å². The zero-order valence-corrected chi connectivity index (χ0v) is 16.1. The first-order chi connectivity index (χ1) is 14.4. The van der Waals surface area contributed by atoms with Crippen molar-refractivity contribution in [1.82, 2.24) is 0 Å². The van der Waals surface area contributed by atoms with Gasteiger partial charge in [0.05, 0.1) is 18.7 Å². The molecule has 5 nitrogen and oxygen atoms in total. The van der Waals surface area contributed by atoms with Crippen molar-refractivity contribution in [2.24, 2.45) is 0 Å². The average Bonchev–Trinajstić information content (AvgIpc) is 2.65. The number of nitrogens with zero attached hydrogens (tertiary/aromatic N) is 2. The topological polar surface area (TPSA) is 45.9 Å². The Kier molecular flexibility index (Phi) is 7.38. The number of hydrogen-bond acceptors (Lipinski definition) is 3. The van der Waals surface area contributed by atoms with Gasteiger partial charge in [-0.2, -0.15) is 26.3 Å². The first kappa shape index (κ1) is 23.9. The Labute approximate surface area is 174 Å². The van der Waals surface area contributed by atoms with Gasteiger partial charge in [0, 0.05) is 24.4 Å². The van der Waals surface area contributed by atoms with E-state index < -0.39 is 30.1 Å². The van der Waals surface area contributed by atoms with Gasteiger partial charge in [-0.05, 0) is 24.3 Å². The van der Waals surface area contributed by atoms with Crippen LogP contribution in [0.2, 0.25) is 0 Å². The first-order valence-electron chi connectivity index (χ1n) is 8.80. The van der Waals surface area contributed by atoms with Gasteiger partial charge in [-0.15, -0.1) is 0 Å². The first-order valence-corrected chi connectivity index (χ1v) is 8.80. The Bertz CT molecular complexity index is 967. The summed E-state index contributed by atoms with van der Waals surface area (Å²) in [4.78, 5) is 14.6. The molecule has 0 saturated carbocycles. The Morgan fingerprint density at radius 3 is 2.42 bits per heavy atom. The molecule has 2 aromatic carbocycles. The van der Waals surface area contributed by atoms with Crippen LogP contribution in [0.1, 0.15) is 12.5 Å². The molecule has 0 radical (unpaired) electrons.